The maximum atomic E-state index is 11.9. The molecule has 0 bridgehead atoms. The van der Waals surface area contributed by atoms with Crippen molar-refractivity contribution in [2.45, 2.75) is 142 Å². The summed E-state index contributed by atoms with van der Waals surface area (Å²) >= 11 is 0. The molecule has 0 aliphatic heterocycles. The second kappa shape index (κ2) is 23.7. The second-order valence-corrected chi connectivity index (χ2v) is 11.4. The van der Waals surface area contributed by atoms with Crippen LogP contribution in [-0.4, -0.2) is 22.2 Å². The molecule has 0 amide bonds. The molecule has 0 aliphatic carbocycles. The highest BCUT2D eigenvalue weighted by Gasteiger charge is 2.35. The number of carboxylic acids is 2. The van der Waals surface area contributed by atoms with Gasteiger partial charge in [0.2, 0.25) is 0 Å². The molecule has 2 aromatic rings. The van der Waals surface area contributed by atoms with E-state index in [2.05, 4.69) is 26.0 Å². The lowest BCUT2D eigenvalue weighted by Crippen LogP contribution is -2.32. The predicted octanol–water partition coefficient (Wildman–Crippen LogP) is 11.1. The van der Waals surface area contributed by atoms with Gasteiger partial charge in [0, 0.05) is 0 Å². The normalized spacial score (nSPS) is 13.6. The molecule has 2 N–H and O–H groups in total. The first-order valence-corrected chi connectivity index (χ1v) is 16.4. The number of benzene rings is 2. The molecule has 4 heteroatoms. The monoisotopic (exact) mass is 580 g/mol. The summed E-state index contributed by atoms with van der Waals surface area (Å²) in [5.41, 5.74) is 0.163. The van der Waals surface area contributed by atoms with Crippen LogP contribution in [0.15, 0.2) is 72.8 Å². The largest absolute Gasteiger partial charge is 0.481 e. The van der Waals surface area contributed by atoms with Crippen molar-refractivity contribution >= 4 is 11.9 Å². The van der Waals surface area contributed by atoms with E-state index in [1.54, 1.807) is 0 Å². The average molecular weight is 581 g/mol. The molecule has 0 saturated heterocycles. The third kappa shape index (κ3) is 14.8. The van der Waals surface area contributed by atoms with Gasteiger partial charge in [-0.3, -0.25) is 9.59 Å². The number of carboxylic acid groups (broad SMARTS) is 2. The minimum atomic E-state index is -0.807. The standard InChI is InChI=1S/C33H46O4.C3H8.C2H6/c1-32(30(34)35,28-22-16-14-17-23-28)26-20-12-10-8-6-4-3-5-7-9-11-13-21-27-33(2,31(36)37)29-24-18-15-19-25-29;1-3-2;1-2/h3-4,14-19,22-25H,5-13,20-21,26-27H2,1-2H3,(H,34,35)(H,36,37);3H2,1-2H3;1-2H3/b4-3-;;. The molecule has 0 aromatic heterocycles. The smallest absolute Gasteiger partial charge is 0.313 e. The van der Waals surface area contributed by atoms with Gasteiger partial charge in [-0.25, -0.2) is 0 Å². The second-order valence-electron chi connectivity index (χ2n) is 11.4. The van der Waals surface area contributed by atoms with Crippen molar-refractivity contribution in [2.75, 3.05) is 0 Å². The third-order valence-corrected chi connectivity index (χ3v) is 7.78. The van der Waals surface area contributed by atoms with E-state index in [1.807, 2.05) is 88.4 Å². The predicted molar refractivity (Wildman–Crippen MR) is 179 cm³/mol. The van der Waals surface area contributed by atoms with Crippen molar-refractivity contribution in [1.29, 1.82) is 0 Å². The van der Waals surface area contributed by atoms with Gasteiger partial charge in [-0.1, -0.05) is 152 Å². The van der Waals surface area contributed by atoms with Crippen LogP contribution in [0, 0.1) is 0 Å². The van der Waals surface area contributed by atoms with Crippen molar-refractivity contribution in [3.8, 4) is 0 Å². The Morgan fingerprint density at radius 2 is 0.857 bits per heavy atom. The average Bonchev–Trinajstić information content (AvgIpc) is 3.01. The maximum absolute atomic E-state index is 11.9. The van der Waals surface area contributed by atoms with Crippen LogP contribution in [0.1, 0.15) is 143 Å². The van der Waals surface area contributed by atoms with Crippen molar-refractivity contribution in [3.63, 3.8) is 0 Å². The first-order valence-electron chi connectivity index (χ1n) is 16.4. The molecule has 2 aromatic carbocycles. The fourth-order valence-corrected chi connectivity index (χ4v) is 4.96. The van der Waals surface area contributed by atoms with Crippen molar-refractivity contribution in [2.24, 2.45) is 0 Å². The van der Waals surface area contributed by atoms with Crippen LogP contribution in [0.5, 0.6) is 0 Å². The van der Waals surface area contributed by atoms with Gasteiger partial charge >= 0.3 is 11.9 Å². The number of aliphatic carboxylic acids is 2. The molecule has 4 nitrogen and oxygen atoms in total. The minimum Gasteiger partial charge on any atom is -0.481 e. The Hall–Kier alpha value is -2.88. The van der Waals surface area contributed by atoms with Gasteiger partial charge in [0.15, 0.2) is 0 Å². The molecular formula is C38H60O4. The van der Waals surface area contributed by atoms with Crippen molar-refractivity contribution in [3.05, 3.63) is 83.9 Å². The number of rotatable bonds is 19. The van der Waals surface area contributed by atoms with Gasteiger partial charge in [-0.2, -0.15) is 0 Å². The lowest BCUT2D eigenvalue weighted by atomic mass is 9.78. The summed E-state index contributed by atoms with van der Waals surface area (Å²) in [6, 6.07) is 19.2. The summed E-state index contributed by atoms with van der Waals surface area (Å²) in [6.07, 6.45) is 19.1. The number of unbranched alkanes of at least 4 members (excludes halogenated alkanes) is 9. The Kier molecular flexibility index (Phi) is 22.0. The van der Waals surface area contributed by atoms with Gasteiger partial charge in [0.05, 0.1) is 10.8 Å². The maximum Gasteiger partial charge on any atom is 0.313 e. The summed E-state index contributed by atoms with van der Waals surface area (Å²) in [5.74, 6) is -1.48. The lowest BCUT2D eigenvalue weighted by molar-refractivity contribution is -0.144. The summed E-state index contributed by atoms with van der Waals surface area (Å²) < 4.78 is 0. The highest BCUT2D eigenvalue weighted by Crippen LogP contribution is 2.31. The van der Waals surface area contributed by atoms with E-state index in [1.165, 1.54) is 19.3 Å². The zero-order valence-electron chi connectivity index (χ0n) is 27.5. The third-order valence-electron chi connectivity index (χ3n) is 7.78. The van der Waals surface area contributed by atoms with Gasteiger partial charge in [0.1, 0.15) is 0 Å². The highest BCUT2D eigenvalue weighted by atomic mass is 16.4. The quantitative estimate of drug-likeness (QED) is 0.128. The molecule has 0 radical (unpaired) electrons. The molecule has 0 heterocycles. The van der Waals surface area contributed by atoms with Gasteiger partial charge in [-0.05, 0) is 63.5 Å². The van der Waals surface area contributed by atoms with E-state index in [9.17, 15) is 19.8 Å². The first kappa shape index (κ1) is 39.1. The molecular weight excluding hydrogens is 520 g/mol. The minimum absolute atomic E-state index is 0.671. The Bertz CT molecular complexity index is 969. The van der Waals surface area contributed by atoms with Crippen LogP contribution in [-0.2, 0) is 20.4 Å². The molecule has 0 spiro atoms. The fraction of sp³-hybridized carbons (Fsp3) is 0.579. The van der Waals surface area contributed by atoms with Crippen LogP contribution in [0.2, 0.25) is 0 Å². The molecule has 2 rings (SSSR count). The van der Waals surface area contributed by atoms with Gasteiger partial charge in [0.25, 0.3) is 0 Å². The van der Waals surface area contributed by atoms with Crippen LogP contribution in [0.4, 0.5) is 0 Å². The molecule has 0 saturated carbocycles. The van der Waals surface area contributed by atoms with Crippen LogP contribution in [0.3, 0.4) is 0 Å². The highest BCUT2D eigenvalue weighted by molar-refractivity contribution is 5.81. The molecule has 2 unspecified atom stereocenters. The summed E-state index contributed by atoms with van der Waals surface area (Å²) in [7, 11) is 0. The molecule has 2 atom stereocenters. The number of hydrogen-bond acceptors (Lipinski definition) is 2. The van der Waals surface area contributed by atoms with Gasteiger partial charge < -0.3 is 10.2 Å². The van der Waals surface area contributed by atoms with E-state index >= 15 is 0 Å². The van der Waals surface area contributed by atoms with Crippen molar-refractivity contribution in [1.82, 2.24) is 0 Å². The summed E-state index contributed by atoms with van der Waals surface area (Å²) in [4.78, 5) is 23.7. The number of hydrogen-bond donors (Lipinski definition) is 2. The lowest BCUT2D eigenvalue weighted by Gasteiger charge is -2.25. The van der Waals surface area contributed by atoms with E-state index in [0.29, 0.717) is 12.8 Å². The Balaban J connectivity index is 0.00000315. The van der Waals surface area contributed by atoms with Crippen LogP contribution in [0.25, 0.3) is 0 Å². The van der Waals surface area contributed by atoms with Crippen LogP contribution < -0.4 is 0 Å². The summed E-state index contributed by atoms with van der Waals surface area (Å²) in [5, 5.41) is 19.5. The fourth-order valence-electron chi connectivity index (χ4n) is 4.96. The molecule has 236 valence electrons. The number of allylic oxidation sites excluding steroid dienone is 2. The topological polar surface area (TPSA) is 74.6 Å². The zero-order valence-corrected chi connectivity index (χ0v) is 27.5. The van der Waals surface area contributed by atoms with E-state index in [-0.39, 0.29) is 0 Å². The SMILES string of the molecule is CC.CC(CCCCCC/C=C\CCCCCCCC(C)(C(=O)O)c1ccccc1)(C(=O)O)c1ccccc1.CCC. The molecule has 0 fully saturated rings. The zero-order chi connectivity index (χ0) is 31.7. The van der Waals surface area contributed by atoms with E-state index < -0.39 is 22.8 Å². The van der Waals surface area contributed by atoms with Gasteiger partial charge in [-0.15, -0.1) is 0 Å². The first-order chi connectivity index (χ1) is 20.2. The Morgan fingerprint density at radius 3 is 1.17 bits per heavy atom. The van der Waals surface area contributed by atoms with Crippen molar-refractivity contribution < 1.29 is 19.8 Å². The molecule has 42 heavy (non-hydrogen) atoms. The Morgan fingerprint density at radius 1 is 0.571 bits per heavy atom. The summed E-state index contributed by atoms with van der Waals surface area (Å²) in [6.45, 7) is 11.9. The van der Waals surface area contributed by atoms with Crippen LogP contribution >= 0.6 is 0 Å². The van der Waals surface area contributed by atoms with E-state index in [4.69, 9.17) is 0 Å². The van der Waals surface area contributed by atoms with E-state index in [0.717, 1.165) is 68.9 Å². The number of carbonyl (C=O) groups is 2. The molecule has 0 aliphatic rings. The Labute approximate surface area is 257 Å².